The fraction of sp³-hybridized carbons (Fsp3) is 0.533. The molecule has 4 heteroatoms. The molecule has 1 rings (SSSR count). The summed E-state index contributed by atoms with van der Waals surface area (Å²) in [5.41, 5.74) is 12.7. The van der Waals surface area contributed by atoms with Gasteiger partial charge in [-0.3, -0.25) is 4.79 Å². The van der Waals surface area contributed by atoms with E-state index in [-0.39, 0.29) is 0 Å². The van der Waals surface area contributed by atoms with Gasteiger partial charge in [-0.15, -0.1) is 0 Å². The van der Waals surface area contributed by atoms with Crippen LogP contribution < -0.4 is 16.4 Å². The first-order chi connectivity index (χ1) is 8.88. The summed E-state index contributed by atoms with van der Waals surface area (Å²) in [6.45, 7) is 7.74. The molecule has 1 aromatic rings. The van der Waals surface area contributed by atoms with Crippen molar-refractivity contribution in [1.29, 1.82) is 0 Å². The summed E-state index contributed by atoms with van der Waals surface area (Å²) in [5, 5.41) is 0. The van der Waals surface area contributed by atoms with E-state index in [0.29, 0.717) is 6.42 Å². The third kappa shape index (κ3) is 4.24. The van der Waals surface area contributed by atoms with Gasteiger partial charge in [-0.2, -0.15) is 0 Å². The number of carbonyl (C=O) groups is 1. The second-order valence-corrected chi connectivity index (χ2v) is 5.25. The zero-order valence-corrected chi connectivity index (χ0v) is 12.1. The van der Waals surface area contributed by atoms with Gasteiger partial charge in [0.1, 0.15) is 0 Å². The molecule has 0 saturated carbocycles. The Labute approximate surface area is 115 Å². The van der Waals surface area contributed by atoms with Crippen LogP contribution in [0.3, 0.4) is 0 Å². The van der Waals surface area contributed by atoms with Gasteiger partial charge >= 0.3 is 0 Å². The fourth-order valence-electron chi connectivity index (χ4n) is 2.13. The van der Waals surface area contributed by atoms with E-state index in [0.717, 1.165) is 19.5 Å². The number of rotatable bonds is 7. The summed E-state index contributed by atoms with van der Waals surface area (Å²) in [5.74, 6) is -0.438. The van der Waals surface area contributed by atoms with Crippen molar-refractivity contribution in [1.82, 2.24) is 0 Å². The minimum absolute atomic E-state index is 0.438. The number of carbonyl (C=O) groups excluding carboxylic acids is 1. The maximum absolute atomic E-state index is 11.2. The molecular weight excluding hydrogens is 238 g/mol. The topological polar surface area (TPSA) is 72.3 Å². The number of amides is 1. The lowest BCUT2D eigenvalue weighted by molar-refractivity contribution is -0.122. The predicted molar refractivity (Wildman–Crippen MR) is 80.1 cm³/mol. The molecule has 0 aromatic heterocycles. The Kier molecular flexibility index (Phi) is 5.36. The first kappa shape index (κ1) is 15.5. The van der Waals surface area contributed by atoms with Crippen LogP contribution in [0.15, 0.2) is 24.3 Å². The number of nitrogens with zero attached hydrogens (tertiary/aromatic N) is 1. The van der Waals surface area contributed by atoms with E-state index < -0.39 is 11.4 Å². The van der Waals surface area contributed by atoms with E-state index in [4.69, 9.17) is 11.5 Å². The monoisotopic (exact) mass is 263 g/mol. The number of benzene rings is 1. The third-order valence-electron chi connectivity index (χ3n) is 3.52. The van der Waals surface area contributed by atoms with Gasteiger partial charge in [0.2, 0.25) is 5.91 Å². The number of aryl methyl sites for hydroxylation is 1. The summed E-state index contributed by atoms with van der Waals surface area (Å²) in [7, 11) is 0. The Bertz CT molecular complexity index is 429. The lowest BCUT2D eigenvalue weighted by atomic mass is 9.96. The Morgan fingerprint density at radius 3 is 2.53 bits per heavy atom. The number of hydrogen-bond acceptors (Lipinski definition) is 3. The van der Waals surface area contributed by atoms with E-state index in [1.54, 1.807) is 6.92 Å². The quantitative estimate of drug-likeness (QED) is 0.788. The summed E-state index contributed by atoms with van der Waals surface area (Å²) >= 11 is 0. The largest absolute Gasteiger partial charge is 0.372 e. The van der Waals surface area contributed by atoms with Gasteiger partial charge in [-0.1, -0.05) is 18.2 Å². The van der Waals surface area contributed by atoms with Gasteiger partial charge in [0.25, 0.3) is 0 Å². The van der Waals surface area contributed by atoms with Crippen LogP contribution in [-0.2, 0) is 4.79 Å². The first-order valence-corrected chi connectivity index (χ1v) is 6.78. The first-order valence-electron chi connectivity index (χ1n) is 6.78. The average molecular weight is 263 g/mol. The molecule has 0 radical (unpaired) electrons. The maximum atomic E-state index is 11.2. The van der Waals surface area contributed by atoms with E-state index in [1.807, 2.05) is 12.1 Å². The lowest BCUT2D eigenvalue weighted by Gasteiger charge is -2.27. The van der Waals surface area contributed by atoms with Crippen molar-refractivity contribution in [2.75, 3.05) is 18.0 Å². The molecule has 19 heavy (non-hydrogen) atoms. The third-order valence-corrected chi connectivity index (χ3v) is 3.52. The highest BCUT2D eigenvalue weighted by Gasteiger charge is 2.25. The van der Waals surface area contributed by atoms with Crippen LogP contribution in [0.2, 0.25) is 0 Å². The van der Waals surface area contributed by atoms with Crippen molar-refractivity contribution < 1.29 is 4.79 Å². The van der Waals surface area contributed by atoms with Gasteiger partial charge in [0.05, 0.1) is 5.54 Å². The Hall–Kier alpha value is -1.55. The maximum Gasteiger partial charge on any atom is 0.237 e. The molecule has 4 N–H and O–H groups in total. The second kappa shape index (κ2) is 6.57. The summed E-state index contributed by atoms with van der Waals surface area (Å²) in [6, 6.07) is 8.31. The lowest BCUT2D eigenvalue weighted by Crippen LogP contribution is -2.49. The van der Waals surface area contributed by atoms with Crippen LogP contribution in [0.25, 0.3) is 0 Å². The van der Waals surface area contributed by atoms with Crippen LogP contribution in [0, 0.1) is 6.92 Å². The fourth-order valence-corrected chi connectivity index (χ4v) is 2.13. The number of anilines is 1. The molecule has 1 amide bonds. The summed E-state index contributed by atoms with van der Waals surface area (Å²) < 4.78 is 0. The molecule has 1 atom stereocenters. The van der Waals surface area contributed by atoms with Crippen LogP contribution in [-0.4, -0.2) is 24.5 Å². The van der Waals surface area contributed by atoms with Crippen molar-refractivity contribution in [3.8, 4) is 0 Å². The second-order valence-electron chi connectivity index (χ2n) is 5.25. The van der Waals surface area contributed by atoms with Crippen molar-refractivity contribution in [3.63, 3.8) is 0 Å². The SMILES string of the molecule is CCN(CCCC(C)(N)C(N)=O)c1ccccc1C. The van der Waals surface area contributed by atoms with E-state index in [9.17, 15) is 4.79 Å². The van der Waals surface area contributed by atoms with E-state index >= 15 is 0 Å². The molecule has 0 aliphatic rings. The van der Waals surface area contributed by atoms with Crippen LogP contribution in [0.4, 0.5) is 5.69 Å². The molecule has 1 aromatic carbocycles. The summed E-state index contributed by atoms with van der Waals surface area (Å²) in [4.78, 5) is 13.5. The van der Waals surface area contributed by atoms with E-state index in [1.165, 1.54) is 11.3 Å². The number of para-hydroxylation sites is 1. The van der Waals surface area contributed by atoms with Gasteiger partial charge in [0, 0.05) is 18.8 Å². The minimum Gasteiger partial charge on any atom is -0.372 e. The molecule has 0 aliphatic heterocycles. The van der Waals surface area contributed by atoms with Crippen molar-refractivity contribution >= 4 is 11.6 Å². The zero-order valence-electron chi connectivity index (χ0n) is 12.1. The van der Waals surface area contributed by atoms with Crippen LogP contribution in [0.1, 0.15) is 32.3 Å². The predicted octanol–water partition coefficient (Wildman–Crippen LogP) is 1.80. The van der Waals surface area contributed by atoms with Crippen molar-refractivity contribution in [2.24, 2.45) is 11.5 Å². The van der Waals surface area contributed by atoms with Crippen LogP contribution >= 0.6 is 0 Å². The average Bonchev–Trinajstić information content (AvgIpc) is 2.35. The van der Waals surface area contributed by atoms with Gasteiger partial charge < -0.3 is 16.4 Å². The molecule has 1 unspecified atom stereocenters. The molecule has 0 fully saturated rings. The molecule has 106 valence electrons. The standard InChI is InChI=1S/C15H25N3O/c1-4-18(13-9-6-5-8-12(13)2)11-7-10-15(3,17)14(16)19/h5-6,8-9H,4,7,10-11,17H2,1-3H3,(H2,16,19). The number of nitrogens with two attached hydrogens (primary N) is 2. The Morgan fingerprint density at radius 2 is 2.00 bits per heavy atom. The molecule has 0 bridgehead atoms. The zero-order chi connectivity index (χ0) is 14.5. The highest BCUT2D eigenvalue weighted by atomic mass is 16.1. The summed E-state index contributed by atoms with van der Waals surface area (Å²) in [6.07, 6.45) is 1.45. The molecule has 0 heterocycles. The minimum atomic E-state index is -0.912. The molecule has 0 saturated heterocycles. The van der Waals surface area contributed by atoms with Crippen molar-refractivity contribution in [2.45, 2.75) is 39.2 Å². The molecule has 0 spiro atoms. The van der Waals surface area contributed by atoms with Gasteiger partial charge in [-0.05, 0) is 45.2 Å². The number of hydrogen-bond donors (Lipinski definition) is 2. The molecule has 4 nitrogen and oxygen atoms in total. The van der Waals surface area contributed by atoms with Gasteiger partial charge in [-0.25, -0.2) is 0 Å². The highest BCUT2D eigenvalue weighted by molar-refractivity contribution is 5.83. The number of primary amides is 1. The van der Waals surface area contributed by atoms with Crippen LogP contribution in [0.5, 0.6) is 0 Å². The Morgan fingerprint density at radius 1 is 1.37 bits per heavy atom. The Balaban J connectivity index is 2.60. The van der Waals surface area contributed by atoms with Crippen molar-refractivity contribution in [3.05, 3.63) is 29.8 Å². The van der Waals surface area contributed by atoms with Gasteiger partial charge in [0.15, 0.2) is 0 Å². The molecular formula is C15H25N3O. The van der Waals surface area contributed by atoms with E-state index in [2.05, 4.69) is 30.9 Å². The molecule has 0 aliphatic carbocycles. The smallest absolute Gasteiger partial charge is 0.237 e. The normalized spacial score (nSPS) is 13.9. The highest BCUT2D eigenvalue weighted by Crippen LogP contribution is 2.20.